The molecule has 0 unspecified atom stereocenters. The third kappa shape index (κ3) is 6.99. The Morgan fingerprint density at radius 1 is 0.674 bits per heavy atom. The fourth-order valence-corrected chi connectivity index (χ4v) is 6.05. The summed E-state index contributed by atoms with van der Waals surface area (Å²) in [6, 6.07) is 38.2. The van der Waals surface area contributed by atoms with E-state index in [-0.39, 0.29) is 24.4 Å². The predicted octanol–water partition coefficient (Wildman–Crippen LogP) is 5.87. The van der Waals surface area contributed by atoms with Crippen LogP contribution in [0.1, 0.15) is 22.3 Å². The third-order valence-corrected chi connectivity index (χ3v) is 8.33. The second-order valence-electron chi connectivity index (χ2n) is 11.2. The van der Waals surface area contributed by atoms with Gasteiger partial charge >= 0.3 is 0 Å². The maximum atomic E-state index is 6.69. The minimum Gasteiger partial charge on any atom is -0.497 e. The second-order valence-corrected chi connectivity index (χ2v) is 11.2. The molecule has 7 nitrogen and oxygen atoms in total. The standard InChI is InChI=1S/C36H39NO6/c1-38-31-19-17-30(18-20-31)22-40-32-33-35(41-23-28-13-7-3-8-14-28)36(26-42-33,25-39-21-27-11-5-2-6-12-27)34(32)37-43-24-29-15-9-4-10-16-29/h2-20,32-35,37H,21-26H2,1H3/t32-,33-,34+,35-,36+/m0/s1. The van der Waals surface area contributed by atoms with Crippen LogP contribution in [0.2, 0.25) is 0 Å². The SMILES string of the molecule is COc1ccc(CO[C@H]2[C@@H]3OC[C@](COCc4ccccc4)([C@@H]2NOCc2ccccc2)[C@H]3OCc2ccccc2)cc1. The van der Waals surface area contributed by atoms with Crippen LogP contribution in [0.3, 0.4) is 0 Å². The summed E-state index contributed by atoms with van der Waals surface area (Å²) in [5, 5.41) is 0. The fraction of sp³-hybridized carbons (Fsp3) is 0.333. The van der Waals surface area contributed by atoms with Gasteiger partial charge in [0.25, 0.3) is 0 Å². The van der Waals surface area contributed by atoms with E-state index >= 15 is 0 Å². The van der Waals surface area contributed by atoms with E-state index in [1.165, 1.54) is 0 Å². The van der Waals surface area contributed by atoms with Crippen molar-refractivity contribution in [2.24, 2.45) is 5.41 Å². The highest BCUT2D eigenvalue weighted by molar-refractivity contribution is 5.27. The van der Waals surface area contributed by atoms with E-state index in [2.05, 4.69) is 29.7 Å². The number of rotatable bonds is 15. The fourth-order valence-electron chi connectivity index (χ4n) is 6.05. The molecule has 1 heterocycles. The lowest BCUT2D eigenvalue weighted by molar-refractivity contribution is -0.153. The molecular formula is C36H39NO6. The highest BCUT2D eigenvalue weighted by atomic mass is 16.7. The number of hydroxylamine groups is 1. The number of hydrogen-bond acceptors (Lipinski definition) is 7. The smallest absolute Gasteiger partial charge is 0.118 e. The van der Waals surface area contributed by atoms with Crippen molar-refractivity contribution in [1.82, 2.24) is 5.48 Å². The van der Waals surface area contributed by atoms with E-state index in [0.717, 1.165) is 28.0 Å². The molecule has 7 heteroatoms. The van der Waals surface area contributed by atoms with Crippen LogP contribution in [0.15, 0.2) is 115 Å². The molecule has 0 aromatic heterocycles. The molecule has 2 bridgehead atoms. The molecular weight excluding hydrogens is 542 g/mol. The number of nitrogens with one attached hydrogen (secondary N) is 1. The molecule has 6 rings (SSSR count). The minimum atomic E-state index is -0.532. The van der Waals surface area contributed by atoms with Crippen molar-refractivity contribution in [2.75, 3.05) is 20.3 Å². The molecule has 2 fully saturated rings. The van der Waals surface area contributed by atoms with Gasteiger partial charge in [-0.25, -0.2) is 0 Å². The maximum absolute atomic E-state index is 6.69. The lowest BCUT2D eigenvalue weighted by atomic mass is 9.82. The van der Waals surface area contributed by atoms with Crippen LogP contribution < -0.4 is 10.2 Å². The highest BCUT2D eigenvalue weighted by Crippen LogP contribution is 2.50. The monoisotopic (exact) mass is 581 g/mol. The Balaban J connectivity index is 1.24. The number of fused-ring (bicyclic) bond motifs is 2. The van der Waals surface area contributed by atoms with E-state index in [9.17, 15) is 0 Å². The van der Waals surface area contributed by atoms with Gasteiger partial charge in [0.1, 0.15) is 18.0 Å². The van der Waals surface area contributed by atoms with Crippen LogP contribution in [0, 0.1) is 5.41 Å². The lowest BCUT2D eigenvalue weighted by Crippen LogP contribution is -2.56. The Kier molecular flexibility index (Phi) is 9.80. The van der Waals surface area contributed by atoms with Gasteiger partial charge in [-0.05, 0) is 34.4 Å². The van der Waals surface area contributed by atoms with E-state index in [1.807, 2.05) is 91.0 Å². The molecule has 1 aliphatic carbocycles. The van der Waals surface area contributed by atoms with Crippen LogP contribution in [0.5, 0.6) is 5.75 Å². The Morgan fingerprint density at radius 2 is 1.23 bits per heavy atom. The summed E-state index contributed by atoms with van der Waals surface area (Å²) < 4.78 is 31.5. The number of hydrogen-bond donors (Lipinski definition) is 1. The molecule has 5 atom stereocenters. The largest absolute Gasteiger partial charge is 0.497 e. The zero-order chi connectivity index (χ0) is 29.3. The topological polar surface area (TPSA) is 67.4 Å². The summed E-state index contributed by atoms with van der Waals surface area (Å²) in [5.74, 6) is 0.810. The van der Waals surface area contributed by atoms with Crippen molar-refractivity contribution < 1.29 is 28.5 Å². The van der Waals surface area contributed by atoms with Gasteiger partial charge in [-0.2, -0.15) is 5.48 Å². The summed E-state index contributed by atoms with van der Waals surface area (Å²) in [4.78, 5) is 6.16. The first-order valence-corrected chi connectivity index (χ1v) is 14.8. The van der Waals surface area contributed by atoms with Gasteiger partial charge in [0, 0.05) is 0 Å². The van der Waals surface area contributed by atoms with Crippen LogP contribution in [-0.4, -0.2) is 44.7 Å². The van der Waals surface area contributed by atoms with Gasteiger partial charge in [-0.3, -0.25) is 4.84 Å². The van der Waals surface area contributed by atoms with Gasteiger partial charge in [-0.1, -0.05) is 103 Å². The molecule has 0 amide bonds. The molecule has 1 N–H and O–H groups in total. The summed E-state index contributed by atoms with van der Waals surface area (Å²) in [5.41, 5.74) is 7.21. The van der Waals surface area contributed by atoms with Crippen LogP contribution in [-0.2, 0) is 50.2 Å². The zero-order valence-electron chi connectivity index (χ0n) is 24.5. The average molecular weight is 582 g/mol. The number of ether oxygens (including phenoxy) is 5. The minimum absolute atomic E-state index is 0.232. The molecule has 224 valence electrons. The highest BCUT2D eigenvalue weighted by Gasteiger charge is 2.68. The van der Waals surface area contributed by atoms with Crippen molar-refractivity contribution in [3.63, 3.8) is 0 Å². The molecule has 1 saturated heterocycles. The summed E-state index contributed by atoms with van der Waals surface area (Å²) in [6.45, 7) is 2.69. The summed E-state index contributed by atoms with van der Waals surface area (Å²) >= 11 is 0. The second kappa shape index (κ2) is 14.3. The average Bonchev–Trinajstić information content (AvgIpc) is 3.54. The predicted molar refractivity (Wildman–Crippen MR) is 163 cm³/mol. The Bertz CT molecular complexity index is 1390. The normalized spacial score (nSPS) is 24.3. The van der Waals surface area contributed by atoms with Gasteiger partial charge in [-0.15, -0.1) is 0 Å². The molecule has 0 spiro atoms. The van der Waals surface area contributed by atoms with Crippen LogP contribution >= 0.6 is 0 Å². The summed E-state index contributed by atoms with van der Waals surface area (Å²) in [6.07, 6.45) is -0.880. The molecule has 43 heavy (non-hydrogen) atoms. The molecule has 4 aromatic carbocycles. The zero-order valence-corrected chi connectivity index (χ0v) is 24.5. The molecule has 4 aromatic rings. The Labute approximate surface area is 253 Å². The molecule has 2 aliphatic rings. The van der Waals surface area contributed by atoms with E-state index < -0.39 is 5.41 Å². The van der Waals surface area contributed by atoms with Gasteiger partial charge in [0.05, 0.1) is 64.3 Å². The Morgan fingerprint density at radius 3 is 1.86 bits per heavy atom. The maximum Gasteiger partial charge on any atom is 0.118 e. The van der Waals surface area contributed by atoms with E-state index in [0.29, 0.717) is 39.6 Å². The first-order valence-electron chi connectivity index (χ1n) is 14.8. The van der Waals surface area contributed by atoms with Crippen molar-refractivity contribution in [2.45, 2.75) is 50.8 Å². The van der Waals surface area contributed by atoms with E-state index in [1.54, 1.807) is 7.11 Å². The molecule has 1 aliphatic heterocycles. The van der Waals surface area contributed by atoms with Crippen LogP contribution in [0.4, 0.5) is 0 Å². The molecule has 0 radical (unpaired) electrons. The molecule has 1 saturated carbocycles. The summed E-state index contributed by atoms with van der Waals surface area (Å²) in [7, 11) is 1.67. The quantitative estimate of drug-likeness (QED) is 0.176. The third-order valence-electron chi connectivity index (χ3n) is 8.33. The lowest BCUT2D eigenvalue weighted by Gasteiger charge is -2.39. The Hall–Kier alpha value is -3.56. The van der Waals surface area contributed by atoms with Gasteiger partial charge < -0.3 is 23.7 Å². The van der Waals surface area contributed by atoms with Gasteiger partial charge in [0.15, 0.2) is 0 Å². The van der Waals surface area contributed by atoms with Crippen LogP contribution in [0.25, 0.3) is 0 Å². The van der Waals surface area contributed by atoms with Crippen molar-refractivity contribution in [3.05, 3.63) is 138 Å². The van der Waals surface area contributed by atoms with Crippen molar-refractivity contribution >= 4 is 0 Å². The van der Waals surface area contributed by atoms with E-state index in [4.69, 9.17) is 28.5 Å². The number of benzene rings is 4. The van der Waals surface area contributed by atoms with Crippen molar-refractivity contribution in [1.29, 1.82) is 0 Å². The number of methoxy groups -OCH3 is 1. The first kappa shape index (κ1) is 29.5. The van der Waals surface area contributed by atoms with Crippen molar-refractivity contribution in [3.8, 4) is 5.75 Å². The van der Waals surface area contributed by atoms with Gasteiger partial charge in [0.2, 0.25) is 0 Å². The first-order chi connectivity index (χ1) is 21.2.